The monoisotopic (exact) mass is 404 g/mol. The van der Waals surface area contributed by atoms with E-state index >= 15 is 0 Å². The molecule has 0 radical (unpaired) electrons. The Balaban J connectivity index is 1.44. The van der Waals surface area contributed by atoms with Gasteiger partial charge in [-0.15, -0.1) is 0 Å². The minimum Gasteiger partial charge on any atom is -0.451 e. The molecule has 2 atom stereocenters. The van der Waals surface area contributed by atoms with Gasteiger partial charge in [-0.25, -0.2) is 0 Å². The van der Waals surface area contributed by atoms with Gasteiger partial charge in [-0.1, -0.05) is 6.07 Å². The van der Waals surface area contributed by atoms with Crippen molar-refractivity contribution in [3.63, 3.8) is 0 Å². The molecule has 0 aliphatic heterocycles. The summed E-state index contributed by atoms with van der Waals surface area (Å²) in [6, 6.07) is 8.97. The summed E-state index contributed by atoms with van der Waals surface area (Å²) >= 11 is 0. The van der Waals surface area contributed by atoms with E-state index in [0.29, 0.717) is 29.3 Å². The highest BCUT2D eigenvalue weighted by Crippen LogP contribution is 2.33. The maximum atomic E-state index is 12.8. The molecule has 152 valence electrons. The highest BCUT2D eigenvalue weighted by atomic mass is 16.4. The van der Waals surface area contributed by atoms with Gasteiger partial charge < -0.3 is 14.8 Å². The molecule has 4 aromatic heterocycles. The van der Waals surface area contributed by atoms with Crippen LogP contribution in [0.1, 0.15) is 35.9 Å². The number of aliphatic hydroxyl groups excluding tert-OH is 1. The van der Waals surface area contributed by atoms with Crippen LogP contribution in [-0.2, 0) is 0 Å². The van der Waals surface area contributed by atoms with Crippen molar-refractivity contribution in [2.24, 2.45) is 0 Å². The van der Waals surface area contributed by atoms with Crippen molar-refractivity contribution in [3.8, 4) is 22.7 Å². The molecule has 9 nitrogen and oxygen atoms in total. The first-order chi connectivity index (χ1) is 14.7. The molecule has 30 heavy (non-hydrogen) atoms. The van der Waals surface area contributed by atoms with Gasteiger partial charge in [0.05, 0.1) is 35.3 Å². The molecule has 4 heterocycles. The number of rotatable bonds is 5. The summed E-state index contributed by atoms with van der Waals surface area (Å²) in [6.07, 6.45) is 8.70. The number of furan rings is 1. The number of amides is 1. The highest BCUT2D eigenvalue weighted by molar-refractivity contribution is 6.04. The van der Waals surface area contributed by atoms with Gasteiger partial charge in [-0.05, 0) is 43.5 Å². The van der Waals surface area contributed by atoms with Crippen LogP contribution in [0.2, 0.25) is 0 Å². The molecule has 0 saturated heterocycles. The van der Waals surface area contributed by atoms with Crippen molar-refractivity contribution in [2.75, 3.05) is 5.32 Å². The fraction of sp³-hybridized carbons (Fsp3) is 0.238. The third-order valence-corrected chi connectivity index (χ3v) is 5.25. The predicted octanol–water partition coefficient (Wildman–Crippen LogP) is 3.27. The number of hydrogen-bond donors (Lipinski definition) is 3. The molecule has 0 unspecified atom stereocenters. The Morgan fingerprint density at radius 1 is 1.27 bits per heavy atom. The van der Waals surface area contributed by atoms with Crippen LogP contribution in [0, 0.1) is 0 Å². The van der Waals surface area contributed by atoms with Gasteiger partial charge in [0.1, 0.15) is 11.5 Å². The number of carbonyl (C=O) groups is 1. The van der Waals surface area contributed by atoms with Crippen LogP contribution >= 0.6 is 0 Å². The topological polar surface area (TPSA) is 122 Å². The van der Waals surface area contributed by atoms with E-state index in [1.54, 1.807) is 36.9 Å². The van der Waals surface area contributed by atoms with Crippen molar-refractivity contribution < 1.29 is 14.3 Å². The molecular formula is C21H20N6O3. The fourth-order valence-corrected chi connectivity index (χ4v) is 3.72. The van der Waals surface area contributed by atoms with Crippen LogP contribution in [0.5, 0.6) is 0 Å². The summed E-state index contributed by atoms with van der Waals surface area (Å²) in [5, 5.41) is 24.1. The van der Waals surface area contributed by atoms with Gasteiger partial charge in [0.25, 0.3) is 5.91 Å². The van der Waals surface area contributed by atoms with Gasteiger partial charge in [-0.3, -0.25) is 19.6 Å². The normalized spacial score (nSPS) is 18.6. The average Bonchev–Trinajstić information content (AvgIpc) is 3.54. The van der Waals surface area contributed by atoms with Gasteiger partial charge in [0, 0.05) is 18.6 Å². The molecule has 1 fully saturated rings. The fourth-order valence-electron chi connectivity index (χ4n) is 3.72. The van der Waals surface area contributed by atoms with E-state index in [1.165, 1.54) is 0 Å². The van der Waals surface area contributed by atoms with Crippen LogP contribution in [-0.4, -0.2) is 42.1 Å². The number of nitrogens with one attached hydrogen (secondary N) is 2. The van der Waals surface area contributed by atoms with E-state index in [2.05, 4.69) is 25.6 Å². The van der Waals surface area contributed by atoms with Crippen molar-refractivity contribution in [1.29, 1.82) is 0 Å². The quantitative estimate of drug-likeness (QED) is 0.469. The Morgan fingerprint density at radius 2 is 2.20 bits per heavy atom. The van der Waals surface area contributed by atoms with E-state index in [9.17, 15) is 9.90 Å². The van der Waals surface area contributed by atoms with Crippen molar-refractivity contribution in [3.05, 3.63) is 60.9 Å². The third kappa shape index (κ3) is 3.50. The third-order valence-electron chi connectivity index (χ3n) is 5.25. The second kappa shape index (κ2) is 7.60. The minimum atomic E-state index is -0.382. The molecule has 1 aliphatic carbocycles. The number of carbonyl (C=O) groups excluding carboxylic acids is 1. The molecule has 4 aromatic rings. The molecule has 1 amide bonds. The summed E-state index contributed by atoms with van der Waals surface area (Å²) in [5.74, 6) is 0.352. The molecule has 1 aliphatic rings. The van der Waals surface area contributed by atoms with E-state index in [4.69, 9.17) is 4.42 Å². The zero-order valence-corrected chi connectivity index (χ0v) is 16.0. The number of hydrogen-bond acceptors (Lipinski definition) is 6. The predicted molar refractivity (Wildman–Crippen MR) is 109 cm³/mol. The Labute approximate surface area is 171 Å². The zero-order chi connectivity index (χ0) is 20.5. The van der Waals surface area contributed by atoms with E-state index < -0.39 is 0 Å². The molecule has 0 spiro atoms. The maximum Gasteiger partial charge on any atom is 0.291 e. The number of nitrogens with zero attached hydrogens (tertiary/aromatic N) is 4. The number of H-pyrrole nitrogens is 1. The van der Waals surface area contributed by atoms with E-state index in [0.717, 1.165) is 18.4 Å². The lowest BCUT2D eigenvalue weighted by molar-refractivity contribution is 0.0997. The number of aliphatic hydroxyl groups is 1. The number of aromatic nitrogens is 5. The van der Waals surface area contributed by atoms with Crippen molar-refractivity contribution >= 4 is 11.6 Å². The summed E-state index contributed by atoms with van der Waals surface area (Å²) in [4.78, 5) is 17.2. The number of pyridine rings is 1. The first-order valence-electron chi connectivity index (χ1n) is 9.76. The zero-order valence-electron chi connectivity index (χ0n) is 16.0. The van der Waals surface area contributed by atoms with E-state index in [1.807, 2.05) is 22.9 Å². The number of aromatic amines is 1. The Morgan fingerprint density at radius 3 is 2.93 bits per heavy atom. The first-order valence-corrected chi connectivity index (χ1v) is 9.76. The van der Waals surface area contributed by atoms with Crippen LogP contribution in [0.4, 0.5) is 5.69 Å². The van der Waals surface area contributed by atoms with Gasteiger partial charge in [0.2, 0.25) is 0 Å². The highest BCUT2D eigenvalue weighted by Gasteiger charge is 2.27. The standard InChI is InChI=1S/C21H20N6O3/c28-15-5-4-14(9-15)27-12-17(20(26-27)16-3-1-2-8-22-16)25-21(29)19-7-6-18(30-19)13-10-23-24-11-13/h1-3,6-8,10-12,14-15,28H,4-5,9H2,(H,23,24)(H,25,29)/t14-,15+/m1/s1. The molecule has 0 bridgehead atoms. The SMILES string of the molecule is O=C(Nc1cn([C@@H]2CC[C@H](O)C2)nc1-c1ccccn1)c1ccc(-c2cn[nH]c2)o1. The minimum absolute atomic E-state index is 0.0874. The summed E-state index contributed by atoms with van der Waals surface area (Å²) in [5.41, 5.74) is 2.53. The van der Waals surface area contributed by atoms with Gasteiger partial charge in [0.15, 0.2) is 5.76 Å². The molecule has 1 saturated carbocycles. The summed E-state index contributed by atoms with van der Waals surface area (Å²) < 4.78 is 7.49. The molecule has 9 heteroatoms. The lowest BCUT2D eigenvalue weighted by atomic mass is 10.2. The van der Waals surface area contributed by atoms with Crippen molar-refractivity contribution in [1.82, 2.24) is 25.0 Å². The Bertz CT molecular complexity index is 1150. The second-order valence-corrected chi connectivity index (χ2v) is 7.31. The average molecular weight is 404 g/mol. The summed E-state index contributed by atoms with van der Waals surface area (Å²) in [6.45, 7) is 0. The molecule has 5 rings (SSSR count). The van der Waals surface area contributed by atoms with E-state index in [-0.39, 0.29) is 23.8 Å². The van der Waals surface area contributed by atoms with Crippen molar-refractivity contribution in [2.45, 2.75) is 31.4 Å². The molecular weight excluding hydrogens is 384 g/mol. The Kier molecular flexibility index (Phi) is 4.64. The first kappa shape index (κ1) is 18.3. The largest absolute Gasteiger partial charge is 0.451 e. The molecule has 0 aromatic carbocycles. The Hall–Kier alpha value is -3.72. The van der Waals surface area contributed by atoms with Gasteiger partial charge >= 0.3 is 0 Å². The van der Waals surface area contributed by atoms with Crippen LogP contribution in [0.3, 0.4) is 0 Å². The van der Waals surface area contributed by atoms with Crippen LogP contribution < -0.4 is 5.32 Å². The lowest BCUT2D eigenvalue weighted by Crippen LogP contribution is -2.11. The molecule has 3 N–H and O–H groups in total. The second-order valence-electron chi connectivity index (χ2n) is 7.31. The smallest absolute Gasteiger partial charge is 0.291 e. The summed E-state index contributed by atoms with van der Waals surface area (Å²) in [7, 11) is 0. The maximum absolute atomic E-state index is 12.8. The van der Waals surface area contributed by atoms with Crippen LogP contribution in [0.25, 0.3) is 22.7 Å². The number of anilines is 1. The lowest BCUT2D eigenvalue weighted by Gasteiger charge is -2.09. The van der Waals surface area contributed by atoms with Crippen LogP contribution in [0.15, 0.2) is 59.5 Å². The van der Waals surface area contributed by atoms with Gasteiger partial charge in [-0.2, -0.15) is 10.2 Å².